The first kappa shape index (κ1) is 15.1. The van der Waals surface area contributed by atoms with E-state index in [9.17, 15) is 0 Å². The Morgan fingerprint density at radius 3 is 2.64 bits per heavy atom. The second kappa shape index (κ2) is 6.14. The van der Waals surface area contributed by atoms with Crippen molar-refractivity contribution in [3.8, 4) is 11.6 Å². The van der Waals surface area contributed by atoms with Gasteiger partial charge < -0.3 is 15.8 Å². The molecule has 3 rings (SSSR count). The maximum absolute atomic E-state index is 6.20. The number of rotatable bonds is 3. The van der Waals surface area contributed by atoms with E-state index >= 15 is 0 Å². The lowest BCUT2D eigenvalue weighted by atomic mass is 10.1. The van der Waals surface area contributed by atoms with Gasteiger partial charge in [-0.15, -0.1) is 0 Å². The summed E-state index contributed by atoms with van der Waals surface area (Å²) in [6.07, 6.45) is 2.95. The molecule has 1 aromatic carbocycles. The highest BCUT2D eigenvalue weighted by atomic mass is 32.2. The van der Waals surface area contributed by atoms with E-state index in [1.165, 1.54) is 0 Å². The van der Waals surface area contributed by atoms with Gasteiger partial charge in [0.1, 0.15) is 12.3 Å². The van der Waals surface area contributed by atoms with Gasteiger partial charge in [-0.25, -0.2) is 4.98 Å². The van der Waals surface area contributed by atoms with Crippen LogP contribution in [-0.2, 0) is 13.0 Å². The third kappa shape index (κ3) is 2.89. The molecular formula is C16H21N4OS+. The minimum Gasteiger partial charge on any atom is -0.438 e. The Morgan fingerprint density at radius 1 is 1.23 bits per heavy atom. The van der Waals surface area contributed by atoms with Gasteiger partial charge in [0, 0.05) is 12.1 Å². The van der Waals surface area contributed by atoms with Crippen LogP contribution in [0, 0.1) is 13.8 Å². The van der Waals surface area contributed by atoms with Crippen molar-refractivity contribution in [2.45, 2.75) is 32.0 Å². The normalized spacial score (nSPS) is 13.8. The average Bonchev–Trinajstić information content (AvgIpc) is 2.50. The summed E-state index contributed by atoms with van der Waals surface area (Å²) in [5.41, 5.74) is 10.9. The van der Waals surface area contributed by atoms with Gasteiger partial charge in [0.25, 0.3) is 0 Å². The molecule has 0 bridgehead atoms. The maximum atomic E-state index is 6.20. The van der Waals surface area contributed by atoms with Gasteiger partial charge in [0.05, 0.1) is 17.8 Å². The van der Waals surface area contributed by atoms with E-state index in [0.29, 0.717) is 5.88 Å². The third-order valence-corrected chi connectivity index (χ3v) is 4.38. The molecule has 2 heterocycles. The molecule has 0 amide bonds. The van der Waals surface area contributed by atoms with Crippen LogP contribution in [-0.4, -0.2) is 22.8 Å². The first-order valence-corrected chi connectivity index (χ1v) is 8.61. The number of hydrogen-bond donors (Lipinski definition) is 2. The van der Waals surface area contributed by atoms with Crippen molar-refractivity contribution in [1.82, 2.24) is 9.97 Å². The number of fused-ring (bicyclic) bond motifs is 1. The van der Waals surface area contributed by atoms with Gasteiger partial charge in [-0.1, -0.05) is 11.8 Å². The van der Waals surface area contributed by atoms with Crippen LogP contribution in [0.25, 0.3) is 0 Å². The minimum atomic E-state index is 0.682. The van der Waals surface area contributed by atoms with Crippen LogP contribution in [0.1, 0.15) is 22.4 Å². The predicted octanol–water partition coefficient (Wildman–Crippen LogP) is 1.81. The summed E-state index contributed by atoms with van der Waals surface area (Å²) in [5, 5.41) is 3.03. The van der Waals surface area contributed by atoms with Crippen LogP contribution in [0.15, 0.2) is 17.3 Å². The molecule has 5 nitrogen and oxygen atoms in total. The number of ether oxygens (including phenoxy) is 1. The SMILES string of the molecule is CSc1nc2c(c(Oc3c(C)cc(N)cc3C)n1)C[NH2+]CC2. The summed E-state index contributed by atoms with van der Waals surface area (Å²) in [4.78, 5) is 9.21. The zero-order chi connectivity index (χ0) is 15.7. The molecule has 4 N–H and O–H groups in total. The summed E-state index contributed by atoms with van der Waals surface area (Å²) < 4.78 is 6.20. The lowest BCUT2D eigenvalue weighted by molar-refractivity contribution is -0.673. The summed E-state index contributed by atoms with van der Waals surface area (Å²) in [6.45, 7) is 5.95. The van der Waals surface area contributed by atoms with Crippen molar-refractivity contribution < 1.29 is 10.1 Å². The van der Waals surface area contributed by atoms with Crippen LogP contribution in [0.4, 0.5) is 5.69 Å². The highest BCUT2D eigenvalue weighted by molar-refractivity contribution is 7.98. The Balaban J connectivity index is 2.05. The monoisotopic (exact) mass is 317 g/mol. The van der Waals surface area contributed by atoms with E-state index in [4.69, 9.17) is 10.5 Å². The van der Waals surface area contributed by atoms with Crippen molar-refractivity contribution in [2.24, 2.45) is 0 Å². The number of thioether (sulfide) groups is 1. The number of quaternary nitrogens is 1. The first-order chi connectivity index (χ1) is 10.6. The minimum absolute atomic E-state index is 0.682. The number of nitrogens with zero attached hydrogens (tertiary/aromatic N) is 2. The molecule has 0 atom stereocenters. The molecule has 0 saturated carbocycles. The second-order valence-corrected chi connectivity index (χ2v) is 6.33. The standard InChI is InChI=1S/C16H20N4OS/c1-9-6-11(17)7-10(2)14(9)21-15-12-8-18-5-4-13(12)19-16(20-15)22-3/h6-7,18H,4-5,8,17H2,1-3H3/p+1. The largest absolute Gasteiger partial charge is 0.438 e. The summed E-state index contributed by atoms with van der Waals surface area (Å²) in [5.74, 6) is 1.52. The quantitative estimate of drug-likeness (QED) is 0.513. The molecule has 1 aliphatic heterocycles. The van der Waals surface area contributed by atoms with Crippen LogP contribution in [0.2, 0.25) is 0 Å². The number of nitrogens with two attached hydrogens (primary N) is 2. The van der Waals surface area contributed by atoms with E-state index in [2.05, 4.69) is 15.3 Å². The maximum Gasteiger partial charge on any atom is 0.232 e. The number of aromatic nitrogens is 2. The molecule has 6 heteroatoms. The van der Waals surface area contributed by atoms with E-state index in [-0.39, 0.29) is 0 Å². The Morgan fingerprint density at radius 2 is 1.95 bits per heavy atom. The lowest BCUT2D eigenvalue weighted by Gasteiger charge is -2.19. The fourth-order valence-electron chi connectivity index (χ4n) is 2.80. The molecule has 0 spiro atoms. The van der Waals surface area contributed by atoms with E-state index < -0.39 is 0 Å². The molecule has 2 aromatic rings. The van der Waals surface area contributed by atoms with Crippen LogP contribution < -0.4 is 15.8 Å². The van der Waals surface area contributed by atoms with Crippen molar-refractivity contribution >= 4 is 17.4 Å². The van der Waals surface area contributed by atoms with Crippen LogP contribution >= 0.6 is 11.8 Å². The van der Waals surface area contributed by atoms with Gasteiger partial charge in [-0.3, -0.25) is 0 Å². The molecule has 22 heavy (non-hydrogen) atoms. The number of aryl methyl sites for hydroxylation is 2. The topological polar surface area (TPSA) is 77.6 Å². The average molecular weight is 317 g/mol. The van der Waals surface area contributed by atoms with Gasteiger partial charge >= 0.3 is 0 Å². The van der Waals surface area contributed by atoms with Crippen LogP contribution in [0.5, 0.6) is 11.6 Å². The molecular weight excluding hydrogens is 296 g/mol. The number of benzene rings is 1. The number of nitrogen functional groups attached to an aromatic ring is 1. The van der Waals surface area contributed by atoms with E-state index in [0.717, 1.165) is 58.5 Å². The highest BCUT2D eigenvalue weighted by Crippen LogP contribution is 2.33. The molecule has 0 radical (unpaired) electrons. The fraction of sp³-hybridized carbons (Fsp3) is 0.375. The Bertz CT molecular complexity index is 695. The molecule has 0 saturated heterocycles. The van der Waals surface area contributed by atoms with Crippen molar-refractivity contribution in [3.63, 3.8) is 0 Å². The first-order valence-electron chi connectivity index (χ1n) is 7.38. The number of hydrogen-bond acceptors (Lipinski definition) is 5. The van der Waals surface area contributed by atoms with Crippen molar-refractivity contribution in [1.29, 1.82) is 0 Å². The van der Waals surface area contributed by atoms with E-state index in [1.54, 1.807) is 11.8 Å². The Kier molecular flexibility index (Phi) is 4.22. The molecule has 0 unspecified atom stereocenters. The Labute approximate surface area is 134 Å². The molecule has 0 aliphatic carbocycles. The zero-order valence-corrected chi connectivity index (χ0v) is 14.0. The second-order valence-electron chi connectivity index (χ2n) is 5.56. The van der Waals surface area contributed by atoms with Gasteiger partial charge in [0.2, 0.25) is 5.88 Å². The number of anilines is 1. The van der Waals surface area contributed by atoms with Gasteiger partial charge in [-0.2, -0.15) is 4.98 Å². The van der Waals surface area contributed by atoms with Crippen molar-refractivity contribution in [2.75, 3.05) is 18.5 Å². The molecule has 1 aromatic heterocycles. The fourth-order valence-corrected chi connectivity index (χ4v) is 3.18. The molecule has 116 valence electrons. The molecule has 1 aliphatic rings. The lowest BCUT2D eigenvalue weighted by Crippen LogP contribution is -2.84. The third-order valence-electron chi connectivity index (χ3n) is 3.83. The van der Waals surface area contributed by atoms with Crippen molar-refractivity contribution in [3.05, 3.63) is 34.5 Å². The summed E-state index contributed by atoms with van der Waals surface area (Å²) in [7, 11) is 0. The Hall–Kier alpha value is -1.79. The molecule has 0 fully saturated rings. The van der Waals surface area contributed by atoms with Gasteiger partial charge in [-0.05, 0) is 43.4 Å². The zero-order valence-electron chi connectivity index (χ0n) is 13.1. The highest BCUT2D eigenvalue weighted by Gasteiger charge is 2.22. The van der Waals surface area contributed by atoms with Gasteiger partial charge in [0.15, 0.2) is 5.16 Å². The summed E-state index contributed by atoms with van der Waals surface area (Å²) in [6, 6.07) is 3.86. The van der Waals surface area contributed by atoms with E-state index in [1.807, 2.05) is 32.2 Å². The van der Waals surface area contributed by atoms with Crippen LogP contribution in [0.3, 0.4) is 0 Å². The summed E-state index contributed by atoms with van der Waals surface area (Å²) >= 11 is 1.54. The predicted molar refractivity (Wildman–Crippen MR) is 88.4 cm³/mol. The smallest absolute Gasteiger partial charge is 0.232 e.